The zero-order chi connectivity index (χ0) is 34.2. The van der Waals surface area contributed by atoms with Crippen LogP contribution in [0.25, 0.3) is 61.9 Å². The number of nitrogens with one attached hydrogen (secondary N) is 1. The highest BCUT2D eigenvalue weighted by molar-refractivity contribution is 7.12. The lowest BCUT2D eigenvalue weighted by atomic mass is 9.85. The Morgan fingerprint density at radius 2 is 1.52 bits per heavy atom. The normalized spacial score (nSPS) is 19.0. The van der Waals surface area contributed by atoms with Gasteiger partial charge in [0.05, 0.1) is 17.1 Å². The largest absolute Gasteiger partial charge is 0.438 e. The first kappa shape index (κ1) is 29.7. The maximum atomic E-state index is 6.29. The van der Waals surface area contributed by atoms with E-state index in [1.54, 1.807) is 0 Å². The minimum absolute atomic E-state index is 0.00610. The number of pyridine rings is 1. The zero-order valence-electron chi connectivity index (χ0n) is 28.3. The summed E-state index contributed by atoms with van der Waals surface area (Å²) < 4.78 is 6.29. The molecule has 5 heteroatoms. The second-order valence-electron chi connectivity index (χ2n) is 14.0. The van der Waals surface area contributed by atoms with E-state index in [-0.39, 0.29) is 12.0 Å². The molecule has 1 N–H and O–H groups in total. The van der Waals surface area contributed by atoms with Crippen LogP contribution in [-0.4, -0.2) is 16.9 Å². The number of hydrogen-bond acceptors (Lipinski definition) is 5. The van der Waals surface area contributed by atoms with Gasteiger partial charge in [-0.25, -0.2) is 4.98 Å². The van der Waals surface area contributed by atoms with Gasteiger partial charge in [0, 0.05) is 55.6 Å². The van der Waals surface area contributed by atoms with E-state index >= 15 is 0 Å². The predicted molar refractivity (Wildman–Crippen MR) is 217 cm³/mol. The smallest absolute Gasteiger partial charge is 0.228 e. The third-order valence-corrected chi connectivity index (χ3v) is 12.3. The lowest BCUT2D eigenvalue weighted by molar-refractivity contribution is 0.619. The fraction of sp³-hybridized carbons (Fsp3) is 0.106. The van der Waals surface area contributed by atoms with Gasteiger partial charge in [-0.15, -0.1) is 11.3 Å². The predicted octanol–water partition coefficient (Wildman–Crippen LogP) is 11.6. The highest BCUT2D eigenvalue weighted by Crippen LogP contribution is 2.46. The molecule has 0 fully saturated rings. The maximum absolute atomic E-state index is 6.29. The van der Waals surface area contributed by atoms with E-state index in [0.717, 1.165) is 68.3 Å². The summed E-state index contributed by atoms with van der Waals surface area (Å²) >= 11 is 1.98. The number of para-hydroxylation sites is 1. The first-order valence-corrected chi connectivity index (χ1v) is 18.9. The quantitative estimate of drug-likeness (QED) is 0.196. The Hall–Kier alpha value is -6.04. The first-order chi connectivity index (χ1) is 25.7. The molecule has 0 amide bonds. The molecule has 4 aromatic carbocycles. The van der Waals surface area contributed by atoms with Crippen LogP contribution in [0.5, 0.6) is 0 Å². The van der Waals surface area contributed by atoms with Gasteiger partial charge in [-0.05, 0) is 52.3 Å². The molecule has 4 aliphatic rings. The summed E-state index contributed by atoms with van der Waals surface area (Å²) in [6.45, 7) is 0. The van der Waals surface area contributed by atoms with Crippen molar-refractivity contribution in [3.8, 4) is 11.3 Å². The number of fused-ring (bicyclic) bond motifs is 8. The fourth-order valence-electron chi connectivity index (χ4n) is 8.42. The van der Waals surface area contributed by atoms with Crippen LogP contribution in [0.4, 0.5) is 0 Å². The SMILES string of the molecule is C1=CC(c2cccc(C3=CC(C4CC=Cc5c4sc4c5C=CC4)N=C(c4ccc(-c5nc6oc7ccccc7c6c6ccccc56)cc4)N3)c2)C=C1. The van der Waals surface area contributed by atoms with Crippen LogP contribution < -0.4 is 5.32 Å². The number of thiophene rings is 1. The summed E-state index contributed by atoms with van der Waals surface area (Å²) in [5.41, 5.74) is 10.9. The van der Waals surface area contributed by atoms with E-state index in [9.17, 15) is 0 Å². The molecule has 2 atom stereocenters. The summed E-state index contributed by atoms with van der Waals surface area (Å²) in [6.07, 6.45) is 22.4. The van der Waals surface area contributed by atoms with Crippen molar-refractivity contribution in [3.63, 3.8) is 0 Å². The molecule has 248 valence electrons. The van der Waals surface area contributed by atoms with Crippen molar-refractivity contribution in [2.75, 3.05) is 0 Å². The number of allylic oxidation sites excluding steroid dienone is 6. The van der Waals surface area contributed by atoms with Crippen molar-refractivity contribution >= 4 is 67.9 Å². The van der Waals surface area contributed by atoms with Crippen LogP contribution in [0, 0.1) is 0 Å². The van der Waals surface area contributed by atoms with Gasteiger partial charge < -0.3 is 9.73 Å². The van der Waals surface area contributed by atoms with E-state index < -0.39 is 0 Å². The molecule has 0 bridgehead atoms. The van der Waals surface area contributed by atoms with Crippen LogP contribution in [0.15, 0.2) is 149 Å². The minimum Gasteiger partial charge on any atom is -0.438 e. The third-order valence-electron chi connectivity index (χ3n) is 11.0. The van der Waals surface area contributed by atoms with Crippen molar-refractivity contribution in [2.24, 2.45) is 4.99 Å². The third kappa shape index (κ3) is 4.73. The van der Waals surface area contributed by atoms with E-state index in [2.05, 4.69) is 145 Å². The molecule has 52 heavy (non-hydrogen) atoms. The first-order valence-electron chi connectivity index (χ1n) is 18.1. The average Bonchev–Trinajstić information content (AvgIpc) is 4.02. The Kier molecular flexibility index (Phi) is 6.71. The van der Waals surface area contributed by atoms with Crippen molar-refractivity contribution in [1.29, 1.82) is 0 Å². The molecular weight excluding hydrogens is 655 g/mol. The molecule has 4 nitrogen and oxygen atoms in total. The zero-order valence-corrected chi connectivity index (χ0v) is 29.1. The molecule has 3 aromatic heterocycles. The summed E-state index contributed by atoms with van der Waals surface area (Å²) in [7, 11) is 0. The number of furan rings is 1. The fourth-order valence-corrected chi connectivity index (χ4v) is 9.83. The van der Waals surface area contributed by atoms with Crippen LogP contribution in [0.2, 0.25) is 0 Å². The molecule has 11 rings (SSSR count). The van der Waals surface area contributed by atoms with E-state index in [4.69, 9.17) is 14.4 Å². The van der Waals surface area contributed by atoms with Gasteiger partial charge in [-0.2, -0.15) is 0 Å². The summed E-state index contributed by atoms with van der Waals surface area (Å²) in [4.78, 5) is 13.5. The van der Waals surface area contributed by atoms with Crippen LogP contribution in [0.1, 0.15) is 55.8 Å². The van der Waals surface area contributed by atoms with Crippen LogP contribution in [0.3, 0.4) is 0 Å². The number of benzene rings is 4. The number of aliphatic imine (C=N–C) groups is 1. The van der Waals surface area contributed by atoms with Gasteiger partial charge in [0.15, 0.2) is 0 Å². The Morgan fingerprint density at radius 1 is 0.731 bits per heavy atom. The standard InChI is InChI=1S/C47H33N3OS/c1-2-11-28(10-1)31-12-7-13-32(26-31)39-27-40(37-19-8-18-36-33-17-9-21-42(33)52-45(36)37)49-46(48-39)30-24-22-29(23-25-30)44-35-15-4-3-14-34(35)43-38-16-5-6-20-41(38)51-47(43)50-44/h1-18,20,22-28,37,40H,19,21H2,(H,48,49). The summed E-state index contributed by atoms with van der Waals surface area (Å²) in [6, 6.07) is 34.4. The van der Waals surface area contributed by atoms with E-state index in [1.165, 1.54) is 32.0 Å². The van der Waals surface area contributed by atoms with Crippen molar-refractivity contribution in [1.82, 2.24) is 10.3 Å². The highest BCUT2D eigenvalue weighted by Gasteiger charge is 2.32. The maximum Gasteiger partial charge on any atom is 0.228 e. The Bertz CT molecular complexity index is 2780. The molecule has 0 saturated heterocycles. The molecule has 0 saturated carbocycles. The lowest BCUT2D eigenvalue weighted by Gasteiger charge is -2.29. The van der Waals surface area contributed by atoms with Gasteiger partial charge >= 0.3 is 0 Å². The van der Waals surface area contributed by atoms with Gasteiger partial charge in [-0.1, -0.05) is 134 Å². The van der Waals surface area contributed by atoms with E-state index in [0.29, 0.717) is 11.6 Å². The molecular formula is C47H33N3OS. The molecule has 4 heterocycles. The number of hydrogen-bond donors (Lipinski definition) is 1. The van der Waals surface area contributed by atoms with Crippen molar-refractivity contribution in [2.45, 2.75) is 30.7 Å². The molecule has 2 unspecified atom stereocenters. The Morgan fingerprint density at radius 3 is 2.40 bits per heavy atom. The Labute approximate surface area is 305 Å². The molecule has 1 aliphatic heterocycles. The van der Waals surface area contributed by atoms with Gasteiger partial charge in [0.2, 0.25) is 5.71 Å². The summed E-state index contributed by atoms with van der Waals surface area (Å²) in [5, 5.41) is 8.20. The van der Waals surface area contributed by atoms with E-state index in [1.807, 2.05) is 23.5 Å². The molecule has 7 aromatic rings. The Balaban J connectivity index is 1.00. The van der Waals surface area contributed by atoms with Gasteiger partial charge in [0.25, 0.3) is 0 Å². The number of amidine groups is 1. The van der Waals surface area contributed by atoms with Gasteiger partial charge in [0.1, 0.15) is 11.4 Å². The topological polar surface area (TPSA) is 50.4 Å². The number of aromatic nitrogens is 1. The summed E-state index contributed by atoms with van der Waals surface area (Å²) in [5.74, 6) is 1.48. The average molecular weight is 688 g/mol. The highest BCUT2D eigenvalue weighted by atomic mass is 32.1. The van der Waals surface area contributed by atoms with Gasteiger partial charge in [-0.3, -0.25) is 4.99 Å². The minimum atomic E-state index is -0.00610. The van der Waals surface area contributed by atoms with Crippen molar-refractivity contribution in [3.05, 3.63) is 177 Å². The molecule has 3 aliphatic carbocycles. The molecule has 0 spiro atoms. The molecule has 0 radical (unpaired) electrons. The monoisotopic (exact) mass is 687 g/mol. The number of nitrogens with zero attached hydrogens (tertiary/aromatic N) is 2. The second-order valence-corrected chi connectivity index (χ2v) is 15.2. The van der Waals surface area contributed by atoms with Crippen molar-refractivity contribution < 1.29 is 4.42 Å². The second kappa shape index (κ2) is 11.8. The van der Waals surface area contributed by atoms with Crippen LogP contribution in [-0.2, 0) is 6.42 Å². The van der Waals surface area contributed by atoms with Crippen LogP contribution >= 0.6 is 11.3 Å². The lowest BCUT2D eigenvalue weighted by Crippen LogP contribution is -2.32. The number of rotatable bonds is 5.